The molecule has 0 unspecified atom stereocenters. The van der Waals surface area contributed by atoms with Crippen LogP contribution in [0.1, 0.15) is 25.3 Å². The largest absolute Gasteiger partial charge is 0.454 e. The summed E-state index contributed by atoms with van der Waals surface area (Å²) >= 11 is 1.23. The first-order valence-electron chi connectivity index (χ1n) is 10.2. The molecule has 0 amide bonds. The van der Waals surface area contributed by atoms with Crippen molar-refractivity contribution in [2.45, 2.75) is 24.7 Å². The Balaban J connectivity index is 1.45. The molecule has 2 aromatic heterocycles. The van der Waals surface area contributed by atoms with Crippen molar-refractivity contribution < 1.29 is 22.4 Å². The van der Waals surface area contributed by atoms with Gasteiger partial charge in [0.05, 0.1) is 5.69 Å². The third-order valence-corrected chi connectivity index (χ3v) is 8.30. The van der Waals surface area contributed by atoms with E-state index in [0.717, 1.165) is 5.56 Å². The summed E-state index contributed by atoms with van der Waals surface area (Å²) in [6.45, 7) is 4.35. The number of ether oxygens (including phenoxy) is 2. The SMILES string of the molecule is CC(C)c1ccc(N(C)S(=O)(=O)c2ccsc2-c2nc(-c3ccc4c(c3)OCO4)no2)cc1. The van der Waals surface area contributed by atoms with Gasteiger partial charge in [-0.15, -0.1) is 11.3 Å². The van der Waals surface area contributed by atoms with E-state index in [1.807, 2.05) is 24.3 Å². The van der Waals surface area contributed by atoms with Crippen LogP contribution in [0.15, 0.2) is 63.3 Å². The van der Waals surface area contributed by atoms with Gasteiger partial charge in [-0.3, -0.25) is 4.31 Å². The molecule has 0 saturated carbocycles. The highest BCUT2D eigenvalue weighted by Crippen LogP contribution is 2.38. The number of fused-ring (bicyclic) bond motifs is 1. The molecule has 10 heteroatoms. The molecule has 0 N–H and O–H groups in total. The van der Waals surface area contributed by atoms with Gasteiger partial charge >= 0.3 is 0 Å². The lowest BCUT2D eigenvalue weighted by Gasteiger charge is -2.20. The van der Waals surface area contributed by atoms with Crippen LogP contribution in [0, 0.1) is 0 Å². The second-order valence-corrected chi connectivity index (χ2v) is 10.7. The predicted octanol–water partition coefficient (Wildman–Crippen LogP) is 5.14. The van der Waals surface area contributed by atoms with E-state index >= 15 is 0 Å². The molecule has 0 bridgehead atoms. The molecule has 0 fully saturated rings. The lowest BCUT2D eigenvalue weighted by Crippen LogP contribution is -2.26. The fraction of sp³-hybridized carbons (Fsp3) is 0.217. The molecule has 0 aliphatic carbocycles. The average molecular weight is 484 g/mol. The Morgan fingerprint density at radius 2 is 1.79 bits per heavy atom. The van der Waals surface area contributed by atoms with Crippen LogP contribution >= 0.6 is 11.3 Å². The molecule has 4 aromatic rings. The molecule has 0 radical (unpaired) electrons. The molecule has 2 aromatic carbocycles. The third-order valence-electron chi connectivity index (χ3n) is 5.44. The first-order chi connectivity index (χ1) is 15.8. The number of anilines is 1. The fourth-order valence-corrected chi connectivity index (χ4v) is 5.99. The topological polar surface area (TPSA) is 94.8 Å². The van der Waals surface area contributed by atoms with Crippen molar-refractivity contribution in [3.05, 3.63) is 59.5 Å². The summed E-state index contributed by atoms with van der Waals surface area (Å²) in [5, 5.41) is 5.73. The van der Waals surface area contributed by atoms with E-state index in [0.29, 0.717) is 39.4 Å². The van der Waals surface area contributed by atoms with Gasteiger partial charge in [-0.2, -0.15) is 4.98 Å². The van der Waals surface area contributed by atoms with Gasteiger partial charge in [-0.25, -0.2) is 8.42 Å². The second-order valence-electron chi connectivity index (χ2n) is 7.82. The summed E-state index contributed by atoms with van der Waals surface area (Å²) in [6, 6.07) is 14.4. The zero-order valence-corrected chi connectivity index (χ0v) is 19.8. The summed E-state index contributed by atoms with van der Waals surface area (Å²) < 4.78 is 44.3. The highest BCUT2D eigenvalue weighted by molar-refractivity contribution is 7.93. The van der Waals surface area contributed by atoms with Crippen molar-refractivity contribution >= 4 is 27.0 Å². The Morgan fingerprint density at radius 3 is 2.55 bits per heavy atom. The van der Waals surface area contributed by atoms with Crippen LogP contribution in [0.4, 0.5) is 5.69 Å². The van der Waals surface area contributed by atoms with Crippen LogP contribution in [0.3, 0.4) is 0 Å². The highest BCUT2D eigenvalue weighted by atomic mass is 32.2. The number of benzene rings is 2. The van der Waals surface area contributed by atoms with Crippen LogP contribution in [0.25, 0.3) is 22.2 Å². The highest BCUT2D eigenvalue weighted by Gasteiger charge is 2.29. The molecule has 33 heavy (non-hydrogen) atoms. The molecular weight excluding hydrogens is 462 g/mol. The lowest BCUT2D eigenvalue weighted by molar-refractivity contribution is 0.174. The Labute approximate surface area is 195 Å². The standard InChI is InChI=1S/C23H21N3O5S2/c1-14(2)15-4-7-17(8-5-15)26(3)33(27,28)20-10-11-32-21(20)23-24-22(25-31-23)16-6-9-18-19(12-16)30-13-29-18/h4-12,14H,13H2,1-3H3. The summed E-state index contributed by atoms with van der Waals surface area (Å²) in [5.74, 6) is 2.08. The fourth-order valence-electron chi connectivity index (χ4n) is 3.48. The van der Waals surface area contributed by atoms with Crippen molar-refractivity contribution in [1.82, 2.24) is 10.1 Å². The predicted molar refractivity (Wildman–Crippen MR) is 125 cm³/mol. The number of hydrogen-bond acceptors (Lipinski definition) is 8. The van der Waals surface area contributed by atoms with Crippen LogP contribution in [0.2, 0.25) is 0 Å². The molecule has 0 saturated heterocycles. The zero-order chi connectivity index (χ0) is 23.2. The summed E-state index contributed by atoms with van der Waals surface area (Å²) in [5.41, 5.74) is 2.39. The van der Waals surface area contributed by atoms with E-state index < -0.39 is 10.0 Å². The van der Waals surface area contributed by atoms with Crippen molar-refractivity contribution in [3.63, 3.8) is 0 Å². The number of aromatic nitrogens is 2. The van der Waals surface area contributed by atoms with E-state index in [1.54, 1.807) is 29.6 Å². The number of sulfonamides is 1. The molecule has 1 aliphatic heterocycles. The van der Waals surface area contributed by atoms with Gasteiger partial charge in [-0.05, 0) is 53.3 Å². The minimum atomic E-state index is -3.84. The zero-order valence-electron chi connectivity index (χ0n) is 18.2. The third kappa shape index (κ3) is 3.85. The molecule has 8 nitrogen and oxygen atoms in total. The smallest absolute Gasteiger partial charge is 0.269 e. The van der Waals surface area contributed by atoms with Crippen LogP contribution in [-0.4, -0.2) is 32.4 Å². The average Bonchev–Trinajstić information content (AvgIpc) is 3.58. The monoisotopic (exact) mass is 483 g/mol. The molecule has 1 aliphatic rings. The summed E-state index contributed by atoms with van der Waals surface area (Å²) in [6.07, 6.45) is 0. The maximum Gasteiger partial charge on any atom is 0.269 e. The van der Waals surface area contributed by atoms with Gasteiger partial charge in [-0.1, -0.05) is 31.1 Å². The van der Waals surface area contributed by atoms with E-state index in [4.69, 9.17) is 14.0 Å². The first kappa shape index (κ1) is 21.5. The minimum absolute atomic E-state index is 0.115. The summed E-state index contributed by atoms with van der Waals surface area (Å²) in [4.78, 5) is 4.94. The number of hydrogen-bond donors (Lipinski definition) is 0. The summed E-state index contributed by atoms with van der Waals surface area (Å²) in [7, 11) is -2.31. The Hall–Kier alpha value is -3.37. The molecular formula is C23H21N3O5S2. The maximum atomic E-state index is 13.4. The lowest BCUT2D eigenvalue weighted by atomic mass is 10.0. The Morgan fingerprint density at radius 1 is 1.03 bits per heavy atom. The van der Waals surface area contributed by atoms with E-state index in [1.165, 1.54) is 22.7 Å². The van der Waals surface area contributed by atoms with Crippen molar-refractivity contribution in [3.8, 4) is 33.7 Å². The van der Waals surface area contributed by atoms with Gasteiger partial charge in [0, 0.05) is 12.6 Å². The van der Waals surface area contributed by atoms with Gasteiger partial charge < -0.3 is 14.0 Å². The van der Waals surface area contributed by atoms with Crippen LogP contribution in [-0.2, 0) is 10.0 Å². The minimum Gasteiger partial charge on any atom is -0.454 e. The van der Waals surface area contributed by atoms with E-state index in [-0.39, 0.29) is 17.6 Å². The molecule has 5 rings (SSSR count). The number of rotatable bonds is 6. The van der Waals surface area contributed by atoms with Gasteiger partial charge in [0.15, 0.2) is 11.5 Å². The quantitative estimate of drug-likeness (QED) is 0.375. The van der Waals surface area contributed by atoms with Crippen molar-refractivity contribution in [2.24, 2.45) is 0 Å². The van der Waals surface area contributed by atoms with Gasteiger partial charge in [0.2, 0.25) is 12.6 Å². The Kier molecular flexibility index (Phi) is 5.34. The van der Waals surface area contributed by atoms with E-state index in [9.17, 15) is 8.42 Å². The molecule has 0 atom stereocenters. The number of thiophene rings is 1. The van der Waals surface area contributed by atoms with Crippen LogP contribution < -0.4 is 13.8 Å². The van der Waals surface area contributed by atoms with Crippen molar-refractivity contribution in [2.75, 3.05) is 18.1 Å². The molecule has 0 spiro atoms. The van der Waals surface area contributed by atoms with E-state index in [2.05, 4.69) is 24.0 Å². The molecule has 3 heterocycles. The van der Waals surface area contributed by atoms with Gasteiger partial charge in [0.25, 0.3) is 15.9 Å². The molecule has 170 valence electrons. The first-order valence-corrected chi connectivity index (χ1v) is 12.6. The van der Waals surface area contributed by atoms with Crippen molar-refractivity contribution in [1.29, 1.82) is 0 Å². The van der Waals surface area contributed by atoms with Crippen LogP contribution in [0.5, 0.6) is 11.5 Å². The normalized spacial score (nSPS) is 13.0. The maximum absolute atomic E-state index is 13.4. The second kappa shape index (κ2) is 8.20. The number of nitrogens with zero attached hydrogens (tertiary/aromatic N) is 3. The Bertz CT molecular complexity index is 1410. The van der Waals surface area contributed by atoms with Gasteiger partial charge in [0.1, 0.15) is 9.77 Å².